The van der Waals surface area contributed by atoms with Gasteiger partial charge in [0.2, 0.25) is 0 Å². The van der Waals surface area contributed by atoms with Crippen molar-refractivity contribution in [1.29, 1.82) is 0 Å². The number of nitrogens with zero attached hydrogens (tertiary/aromatic N) is 1. The van der Waals surface area contributed by atoms with Crippen molar-refractivity contribution >= 4 is 0 Å². The molecule has 0 radical (unpaired) electrons. The summed E-state index contributed by atoms with van der Waals surface area (Å²) >= 11 is 0. The van der Waals surface area contributed by atoms with E-state index in [2.05, 4.69) is 10.2 Å². The average molecular weight is 278 g/mol. The molecular weight excluding hydrogens is 256 g/mol. The van der Waals surface area contributed by atoms with Crippen molar-refractivity contribution in [3.05, 3.63) is 23.8 Å². The molecule has 1 saturated heterocycles. The first-order valence-corrected chi connectivity index (χ1v) is 7.32. The number of benzene rings is 1. The second-order valence-corrected chi connectivity index (χ2v) is 5.35. The molecule has 2 N–H and O–H groups in total. The average Bonchev–Trinajstić information content (AvgIpc) is 2.87. The molecule has 2 aliphatic heterocycles. The second kappa shape index (κ2) is 6.43. The Morgan fingerprint density at radius 3 is 3.00 bits per heavy atom. The monoisotopic (exact) mass is 278 g/mol. The predicted octanol–water partition coefficient (Wildman–Crippen LogP) is 1.14. The van der Waals surface area contributed by atoms with Gasteiger partial charge in [0, 0.05) is 24.7 Å². The molecule has 2 heterocycles. The van der Waals surface area contributed by atoms with Crippen molar-refractivity contribution in [2.45, 2.75) is 12.5 Å². The lowest BCUT2D eigenvalue weighted by Gasteiger charge is -2.26. The predicted molar refractivity (Wildman–Crippen MR) is 76.2 cm³/mol. The zero-order chi connectivity index (χ0) is 13.8. The lowest BCUT2D eigenvalue weighted by Crippen LogP contribution is -2.38. The first kappa shape index (κ1) is 13.7. The molecule has 1 unspecified atom stereocenters. The van der Waals surface area contributed by atoms with Crippen LogP contribution in [0.4, 0.5) is 0 Å². The van der Waals surface area contributed by atoms with E-state index in [-0.39, 0.29) is 11.8 Å². The van der Waals surface area contributed by atoms with Gasteiger partial charge in [0.15, 0.2) is 0 Å². The summed E-state index contributed by atoms with van der Waals surface area (Å²) in [5, 5.41) is 13.0. The zero-order valence-corrected chi connectivity index (χ0v) is 11.7. The fourth-order valence-corrected chi connectivity index (χ4v) is 2.77. The maximum atomic E-state index is 9.42. The summed E-state index contributed by atoms with van der Waals surface area (Å²) < 4.78 is 10.9. The number of fused-ring (bicyclic) bond motifs is 1. The number of phenolic OH excluding ortho intramolecular Hbond substituents is 1. The van der Waals surface area contributed by atoms with E-state index in [1.54, 1.807) is 12.1 Å². The van der Waals surface area contributed by atoms with Crippen molar-refractivity contribution < 1.29 is 14.6 Å². The summed E-state index contributed by atoms with van der Waals surface area (Å²) in [5.41, 5.74) is 1.15. The third kappa shape index (κ3) is 3.23. The first-order valence-electron chi connectivity index (χ1n) is 7.32. The minimum Gasteiger partial charge on any atom is -0.508 e. The number of phenols is 1. The molecule has 1 aromatic rings. The molecule has 3 rings (SSSR count). The number of hydrogen-bond acceptors (Lipinski definition) is 5. The highest BCUT2D eigenvalue weighted by molar-refractivity contribution is 5.44. The molecule has 20 heavy (non-hydrogen) atoms. The Bertz CT molecular complexity index is 447. The molecule has 5 heteroatoms. The van der Waals surface area contributed by atoms with Gasteiger partial charge in [-0.15, -0.1) is 0 Å². The highest BCUT2D eigenvalue weighted by Gasteiger charge is 2.23. The van der Waals surface area contributed by atoms with Gasteiger partial charge in [0.1, 0.15) is 18.1 Å². The van der Waals surface area contributed by atoms with Crippen LogP contribution in [0.1, 0.15) is 18.0 Å². The quantitative estimate of drug-likeness (QED) is 0.791. The zero-order valence-electron chi connectivity index (χ0n) is 11.7. The molecule has 0 aliphatic carbocycles. The Morgan fingerprint density at radius 1 is 1.30 bits per heavy atom. The van der Waals surface area contributed by atoms with Gasteiger partial charge in [-0.3, -0.25) is 4.90 Å². The number of ether oxygens (including phenoxy) is 2. The summed E-state index contributed by atoms with van der Waals surface area (Å²) in [5.74, 6) is 1.06. The van der Waals surface area contributed by atoms with Crippen LogP contribution < -0.4 is 10.1 Å². The van der Waals surface area contributed by atoms with Crippen LogP contribution in [0.5, 0.6) is 11.5 Å². The SMILES string of the molecule is Oc1ccc2c(c1)OCC2NCCCN1CCOCC1. The fourth-order valence-electron chi connectivity index (χ4n) is 2.77. The van der Waals surface area contributed by atoms with Gasteiger partial charge in [-0.2, -0.15) is 0 Å². The van der Waals surface area contributed by atoms with E-state index in [1.165, 1.54) is 0 Å². The van der Waals surface area contributed by atoms with Gasteiger partial charge in [0.25, 0.3) is 0 Å². The topological polar surface area (TPSA) is 54.0 Å². The largest absolute Gasteiger partial charge is 0.508 e. The maximum Gasteiger partial charge on any atom is 0.127 e. The number of morpholine rings is 1. The first-order chi connectivity index (χ1) is 9.83. The van der Waals surface area contributed by atoms with E-state index >= 15 is 0 Å². The van der Waals surface area contributed by atoms with E-state index in [9.17, 15) is 5.11 Å². The normalized spacial score (nSPS) is 22.5. The molecule has 0 bridgehead atoms. The summed E-state index contributed by atoms with van der Waals surface area (Å²) in [4.78, 5) is 2.45. The Labute approximate surface area is 119 Å². The minimum absolute atomic E-state index is 0.246. The fraction of sp³-hybridized carbons (Fsp3) is 0.600. The number of nitrogens with one attached hydrogen (secondary N) is 1. The lowest BCUT2D eigenvalue weighted by atomic mass is 10.1. The summed E-state index contributed by atoms with van der Waals surface area (Å²) in [6.45, 7) is 6.57. The van der Waals surface area contributed by atoms with E-state index in [0.717, 1.165) is 57.1 Å². The third-order valence-corrected chi connectivity index (χ3v) is 3.92. The van der Waals surface area contributed by atoms with Crippen LogP contribution in [-0.2, 0) is 4.74 Å². The Morgan fingerprint density at radius 2 is 2.15 bits per heavy atom. The van der Waals surface area contributed by atoms with Gasteiger partial charge in [-0.1, -0.05) is 0 Å². The van der Waals surface area contributed by atoms with Crippen LogP contribution >= 0.6 is 0 Å². The van der Waals surface area contributed by atoms with Gasteiger partial charge in [-0.05, 0) is 31.6 Å². The number of aromatic hydroxyl groups is 1. The molecule has 5 nitrogen and oxygen atoms in total. The summed E-state index contributed by atoms with van der Waals surface area (Å²) in [7, 11) is 0. The van der Waals surface area contributed by atoms with Crippen LogP contribution in [0, 0.1) is 0 Å². The Hall–Kier alpha value is -1.30. The van der Waals surface area contributed by atoms with E-state index in [4.69, 9.17) is 9.47 Å². The van der Waals surface area contributed by atoms with Gasteiger partial charge in [-0.25, -0.2) is 0 Å². The van der Waals surface area contributed by atoms with Crippen molar-refractivity contribution in [2.24, 2.45) is 0 Å². The van der Waals surface area contributed by atoms with Crippen LogP contribution in [0.3, 0.4) is 0 Å². The standard InChI is InChI=1S/C15H22N2O3/c18-12-2-3-13-14(11-20-15(13)10-12)16-4-1-5-17-6-8-19-9-7-17/h2-3,10,14,16,18H,1,4-9,11H2. The van der Waals surface area contributed by atoms with Gasteiger partial charge in [0.05, 0.1) is 19.3 Å². The van der Waals surface area contributed by atoms with Crippen molar-refractivity contribution in [1.82, 2.24) is 10.2 Å². The molecule has 0 spiro atoms. The van der Waals surface area contributed by atoms with Crippen LogP contribution in [0.15, 0.2) is 18.2 Å². The maximum absolute atomic E-state index is 9.42. The lowest BCUT2D eigenvalue weighted by molar-refractivity contribution is 0.0373. The van der Waals surface area contributed by atoms with Gasteiger partial charge < -0.3 is 19.9 Å². The molecule has 1 atom stereocenters. The smallest absolute Gasteiger partial charge is 0.127 e. The highest BCUT2D eigenvalue weighted by Crippen LogP contribution is 2.34. The molecule has 1 aromatic carbocycles. The van der Waals surface area contributed by atoms with E-state index in [0.29, 0.717) is 6.61 Å². The van der Waals surface area contributed by atoms with E-state index in [1.807, 2.05) is 6.07 Å². The molecule has 0 amide bonds. The van der Waals surface area contributed by atoms with Crippen LogP contribution in [-0.4, -0.2) is 56.0 Å². The Kier molecular flexibility index (Phi) is 4.40. The third-order valence-electron chi connectivity index (χ3n) is 3.92. The molecule has 0 aromatic heterocycles. The van der Waals surface area contributed by atoms with Crippen molar-refractivity contribution in [2.75, 3.05) is 46.0 Å². The highest BCUT2D eigenvalue weighted by atomic mass is 16.5. The van der Waals surface area contributed by atoms with Gasteiger partial charge >= 0.3 is 0 Å². The number of hydrogen-bond donors (Lipinski definition) is 2. The second-order valence-electron chi connectivity index (χ2n) is 5.35. The van der Waals surface area contributed by atoms with Crippen molar-refractivity contribution in [3.63, 3.8) is 0 Å². The van der Waals surface area contributed by atoms with Crippen LogP contribution in [0.25, 0.3) is 0 Å². The van der Waals surface area contributed by atoms with Crippen LogP contribution in [0.2, 0.25) is 0 Å². The summed E-state index contributed by atoms with van der Waals surface area (Å²) in [6.07, 6.45) is 1.13. The minimum atomic E-state index is 0.246. The van der Waals surface area contributed by atoms with E-state index < -0.39 is 0 Å². The Balaban J connectivity index is 1.41. The number of rotatable bonds is 5. The molecule has 110 valence electrons. The molecule has 0 saturated carbocycles. The van der Waals surface area contributed by atoms with Crippen molar-refractivity contribution in [3.8, 4) is 11.5 Å². The molecule has 1 fully saturated rings. The summed E-state index contributed by atoms with van der Waals surface area (Å²) in [6, 6.07) is 5.59. The molecule has 2 aliphatic rings. The molecular formula is C15H22N2O3.